The van der Waals surface area contributed by atoms with Gasteiger partial charge in [0.2, 0.25) is 0 Å². The summed E-state index contributed by atoms with van der Waals surface area (Å²) in [6.07, 6.45) is -1.35. The first-order chi connectivity index (χ1) is 9.58. The number of halogens is 2. The maximum atomic E-state index is 10.1. The highest BCUT2D eigenvalue weighted by Gasteiger charge is 2.13. The topological polar surface area (TPSA) is 52.5 Å². The molecule has 108 valence electrons. The van der Waals surface area contributed by atoms with Crippen molar-refractivity contribution in [1.82, 2.24) is 5.32 Å². The van der Waals surface area contributed by atoms with Crippen LogP contribution in [0.3, 0.4) is 0 Å². The van der Waals surface area contributed by atoms with Gasteiger partial charge in [-0.1, -0.05) is 23.2 Å². The van der Waals surface area contributed by atoms with Crippen LogP contribution in [0.25, 0.3) is 0 Å². The number of rotatable bonds is 6. The Morgan fingerprint density at radius 2 is 1.85 bits per heavy atom. The monoisotopic (exact) mass is 331 g/mol. The van der Waals surface area contributed by atoms with E-state index in [-0.39, 0.29) is 0 Å². The van der Waals surface area contributed by atoms with Gasteiger partial charge in [0.15, 0.2) is 0 Å². The van der Waals surface area contributed by atoms with Gasteiger partial charge in [-0.05, 0) is 40.6 Å². The molecule has 1 heterocycles. The van der Waals surface area contributed by atoms with Gasteiger partial charge in [0.25, 0.3) is 0 Å². The van der Waals surface area contributed by atoms with Gasteiger partial charge in [-0.3, -0.25) is 0 Å². The van der Waals surface area contributed by atoms with E-state index in [1.807, 2.05) is 16.8 Å². The van der Waals surface area contributed by atoms with E-state index in [0.717, 1.165) is 5.56 Å². The van der Waals surface area contributed by atoms with E-state index in [9.17, 15) is 10.2 Å². The third-order valence-electron chi connectivity index (χ3n) is 2.92. The molecule has 3 N–H and O–H groups in total. The van der Waals surface area contributed by atoms with Crippen LogP contribution in [-0.4, -0.2) is 23.3 Å². The second-order valence-corrected chi connectivity index (χ2v) is 6.04. The number of aliphatic hydroxyl groups excluding tert-OH is 2. The largest absolute Gasteiger partial charge is 0.387 e. The standard InChI is InChI=1S/C14H15Cl2NO2S/c15-10-1-2-12(16)11(5-10)14(19)7-17-6-13(18)9-3-4-20-8-9/h1-5,8,13-14,17-19H,6-7H2. The van der Waals surface area contributed by atoms with Crippen molar-refractivity contribution < 1.29 is 10.2 Å². The third kappa shape index (κ3) is 4.19. The molecule has 2 atom stereocenters. The Morgan fingerprint density at radius 3 is 2.55 bits per heavy atom. The van der Waals surface area contributed by atoms with Crippen LogP contribution < -0.4 is 5.32 Å². The lowest BCUT2D eigenvalue weighted by Crippen LogP contribution is -2.26. The van der Waals surface area contributed by atoms with E-state index < -0.39 is 12.2 Å². The molecule has 0 bridgehead atoms. The molecule has 3 nitrogen and oxygen atoms in total. The molecule has 1 aromatic carbocycles. The van der Waals surface area contributed by atoms with Crippen LogP contribution in [0.4, 0.5) is 0 Å². The van der Waals surface area contributed by atoms with E-state index in [1.165, 1.54) is 11.3 Å². The molecular formula is C14H15Cl2NO2S. The van der Waals surface area contributed by atoms with Crippen molar-refractivity contribution in [3.8, 4) is 0 Å². The van der Waals surface area contributed by atoms with Crippen molar-refractivity contribution >= 4 is 34.5 Å². The molecular weight excluding hydrogens is 317 g/mol. The zero-order valence-electron chi connectivity index (χ0n) is 10.6. The fraction of sp³-hybridized carbons (Fsp3) is 0.286. The smallest absolute Gasteiger partial charge is 0.0929 e. The Hall–Kier alpha value is -0.620. The van der Waals surface area contributed by atoms with Crippen LogP contribution in [-0.2, 0) is 0 Å². The van der Waals surface area contributed by atoms with E-state index in [2.05, 4.69) is 5.32 Å². The lowest BCUT2D eigenvalue weighted by atomic mass is 10.1. The molecule has 0 saturated heterocycles. The maximum Gasteiger partial charge on any atom is 0.0929 e. The molecule has 20 heavy (non-hydrogen) atoms. The second kappa shape index (κ2) is 7.41. The summed E-state index contributed by atoms with van der Waals surface area (Å²) >= 11 is 13.4. The van der Waals surface area contributed by atoms with Gasteiger partial charge in [-0.15, -0.1) is 0 Å². The third-order valence-corrected chi connectivity index (χ3v) is 4.20. The normalized spacial score (nSPS) is 14.2. The summed E-state index contributed by atoms with van der Waals surface area (Å²) in [7, 11) is 0. The van der Waals surface area contributed by atoms with Gasteiger partial charge >= 0.3 is 0 Å². The average molecular weight is 332 g/mol. The average Bonchev–Trinajstić information content (AvgIpc) is 2.95. The number of nitrogens with one attached hydrogen (secondary N) is 1. The molecule has 0 aliphatic carbocycles. The molecule has 0 fully saturated rings. The first kappa shape index (κ1) is 15.8. The first-order valence-electron chi connectivity index (χ1n) is 6.12. The van der Waals surface area contributed by atoms with Crippen molar-refractivity contribution in [3.63, 3.8) is 0 Å². The van der Waals surface area contributed by atoms with Crippen molar-refractivity contribution in [2.45, 2.75) is 12.2 Å². The summed E-state index contributed by atoms with van der Waals surface area (Å²) in [4.78, 5) is 0. The van der Waals surface area contributed by atoms with Crippen molar-refractivity contribution in [3.05, 3.63) is 56.2 Å². The van der Waals surface area contributed by atoms with Gasteiger partial charge in [0.05, 0.1) is 12.2 Å². The number of aliphatic hydroxyl groups is 2. The van der Waals surface area contributed by atoms with Crippen LogP contribution in [0.5, 0.6) is 0 Å². The summed E-state index contributed by atoms with van der Waals surface area (Å²) < 4.78 is 0. The predicted octanol–water partition coefficient (Wildman–Crippen LogP) is 3.41. The van der Waals surface area contributed by atoms with Crippen molar-refractivity contribution in [2.24, 2.45) is 0 Å². The van der Waals surface area contributed by atoms with Crippen molar-refractivity contribution in [2.75, 3.05) is 13.1 Å². The molecule has 2 rings (SSSR count). The van der Waals surface area contributed by atoms with E-state index in [1.54, 1.807) is 18.2 Å². The van der Waals surface area contributed by atoms with Crippen LogP contribution in [0.1, 0.15) is 23.3 Å². The maximum absolute atomic E-state index is 10.1. The number of hydrogen-bond acceptors (Lipinski definition) is 4. The van der Waals surface area contributed by atoms with Gasteiger partial charge in [-0.2, -0.15) is 11.3 Å². The summed E-state index contributed by atoms with van der Waals surface area (Å²) in [5, 5.41) is 27.8. The minimum Gasteiger partial charge on any atom is -0.387 e. The zero-order chi connectivity index (χ0) is 14.5. The highest BCUT2D eigenvalue weighted by molar-refractivity contribution is 7.07. The number of benzene rings is 1. The summed E-state index contributed by atoms with van der Waals surface area (Å²) in [5.41, 5.74) is 1.45. The van der Waals surface area contributed by atoms with Gasteiger partial charge in [-0.25, -0.2) is 0 Å². The van der Waals surface area contributed by atoms with Gasteiger partial charge in [0.1, 0.15) is 0 Å². The molecule has 0 spiro atoms. The Labute approximate surface area is 131 Å². The fourth-order valence-corrected chi connectivity index (χ4v) is 2.95. The highest BCUT2D eigenvalue weighted by atomic mass is 35.5. The molecule has 0 aliphatic rings. The minimum absolute atomic E-state index is 0.293. The molecule has 0 radical (unpaired) electrons. The summed E-state index contributed by atoms with van der Waals surface area (Å²) in [6, 6.07) is 6.85. The van der Waals surface area contributed by atoms with Gasteiger partial charge in [0, 0.05) is 28.7 Å². The number of hydrogen-bond donors (Lipinski definition) is 3. The highest BCUT2D eigenvalue weighted by Crippen LogP contribution is 2.26. The molecule has 6 heteroatoms. The van der Waals surface area contributed by atoms with Crippen LogP contribution >= 0.6 is 34.5 Å². The fourth-order valence-electron chi connectivity index (χ4n) is 1.82. The first-order valence-corrected chi connectivity index (χ1v) is 7.81. The molecule has 0 aliphatic heterocycles. The van der Waals surface area contributed by atoms with Crippen LogP contribution in [0.15, 0.2) is 35.0 Å². The molecule has 1 aromatic heterocycles. The van der Waals surface area contributed by atoms with Crippen LogP contribution in [0.2, 0.25) is 10.0 Å². The van der Waals surface area contributed by atoms with Crippen molar-refractivity contribution in [1.29, 1.82) is 0 Å². The molecule has 0 amide bonds. The molecule has 2 aromatic rings. The Kier molecular flexibility index (Phi) is 5.84. The lowest BCUT2D eigenvalue weighted by Gasteiger charge is -2.16. The van der Waals surface area contributed by atoms with Crippen LogP contribution in [0, 0.1) is 0 Å². The number of thiophene rings is 1. The molecule has 0 saturated carbocycles. The predicted molar refractivity (Wildman–Crippen MR) is 83.6 cm³/mol. The van der Waals surface area contributed by atoms with E-state index in [4.69, 9.17) is 23.2 Å². The van der Waals surface area contributed by atoms with E-state index >= 15 is 0 Å². The summed E-state index contributed by atoms with van der Waals surface area (Å²) in [6.45, 7) is 0.660. The SMILES string of the molecule is OC(CNCC(O)c1cc(Cl)ccc1Cl)c1ccsc1. The Balaban J connectivity index is 1.86. The zero-order valence-corrected chi connectivity index (χ0v) is 12.9. The second-order valence-electron chi connectivity index (χ2n) is 4.41. The molecule has 2 unspecified atom stereocenters. The Morgan fingerprint density at radius 1 is 1.10 bits per heavy atom. The summed E-state index contributed by atoms with van der Waals surface area (Å²) in [5.74, 6) is 0. The minimum atomic E-state index is -0.768. The van der Waals surface area contributed by atoms with E-state index in [0.29, 0.717) is 28.7 Å². The van der Waals surface area contributed by atoms with Gasteiger partial charge < -0.3 is 15.5 Å². The quantitative estimate of drug-likeness (QED) is 0.760. The Bertz CT molecular complexity index is 548. The lowest BCUT2D eigenvalue weighted by molar-refractivity contribution is 0.147.